The van der Waals surface area contributed by atoms with Crippen molar-refractivity contribution in [2.75, 3.05) is 6.54 Å². The molecule has 1 aromatic rings. The van der Waals surface area contributed by atoms with Crippen LogP contribution >= 0.6 is 0 Å². The highest BCUT2D eigenvalue weighted by Crippen LogP contribution is 2.09. The van der Waals surface area contributed by atoms with Crippen LogP contribution in [0.25, 0.3) is 0 Å². The summed E-state index contributed by atoms with van der Waals surface area (Å²) >= 11 is 0. The Labute approximate surface area is 116 Å². The number of carbonyl (C=O) groups is 1. The first kappa shape index (κ1) is 15.7. The number of hydrogen-bond acceptors (Lipinski definition) is 2. The van der Waals surface area contributed by atoms with Crippen molar-refractivity contribution in [2.45, 2.75) is 52.0 Å². The van der Waals surface area contributed by atoms with Crippen molar-refractivity contribution in [2.24, 2.45) is 5.73 Å². The maximum atomic E-state index is 11.7. The van der Waals surface area contributed by atoms with Crippen LogP contribution in [-0.2, 0) is 11.2 Å². The summed E-state index contributed by atoms with van der Waals surface area (Å²) in [4.78, 5) is 11.7. The fourth-order valence-electron chi connectivity index (χ4n) is 1.86. The predicted octanol–water partition coefficient (Wildman–Crippen LogP) is 2.56. The van der Waals surface area contributed by atoms with Gasteiger partial charge >= 0.3 is 0 Å². The Bertz CT molecular complexity index is 396. The standard InChI is InChI=1S/C16H26N2O/c1-13-8-10-14(11-9-13)6-4-5-7-15(19)18-16(2,3)12-17/h8-11H,4-7,12,17H2,1-3H3,(H,18,19). The van der Waals surface area contributed by atoms with E-state index in [1.165, 1.54) is 11.1 Å². The van der Waals surface area contributed by atoms with Gasteiger partial charge in [0.2, 0.25) is 5.91 Å². The molecule has 0 aliphatic rings. The molecule has 106 valence electrons. The van der Waals surface area contributed by atoms with Crippen molar-refractivity contribution in [3.05, 3.63) is 35.4 Å². The zero-order valence-electron chi connectivity index (χ0n) is 12.3. The highest BCUT2D eigenvalue weighted by Gasteiger charge is 2.17. The number of benzene rings is 1. The monoisotopic (exact) mass is 262 g/mol. The van der Waals surface area contributed by atoms with E-state index in [4.69, 9.17) is 5.73 Å². The molecular formula is C16H26N2O. The summed E-state index contributed by atoms with van der Waals surface area (Å²) in [6, 6.07) is 8.58. The van der Waals surface area contributed by atoms with Crippen molar-refractivity contribution >= 4 is 5.91 Å². The molecule has 3 heteroatoms. The number of amides is 1. The zero-order valence-corrected chi connectivity index (χ0v) is 12.3. The molecule has 0 saturated heterocycles. The Morgan fingerprint density at radius 3 is 2.42 bits per heavy atom. The third kappa shape index (κ3) is 6.39. The molecule has 3 N–H and O–H groups in total. The molecule has 19 heavy (non-hydrogen) atoms. The summed E-state index contributed by atoms with van der Waals surface area (Å²) in [7, 11) is 0. The molecule has 0 fully saturated rings. The lowest BCUT2D eigenvalue weighted by Gasteiger charge is -2.24. The largest absolute Gasteiger partial charge is 0.350 e. The van der Waals surface area contributed by atoms with E-state index < -0.39 is 0 Å². The second kappa shape index (κ2) is 7.29. The Morgan fingerprint density at radius 1 is 1.21 bits per heavy atom. The van der Waals surface area contributed by atoms with Gasteiger partial charge in [0.1, 0.15) is 0 Å². The molecule has 1 amide bonds. The smallest absolute Gasteiger partial charge is 0.220 e. The SMILES string of the molecule is Cc1ccc(CCCCC(=O)NC(C)(C)CN)cc1. The second-order valence-corrected chi connectivity index (χ2v) is 5.83. The normalized spacial score (nSPS) is 11.4. The number of aryl methyl sites for hydroxylation is 2. The molecule has 0 aromatic heterocycles. The van der Waals surface area contributed by atoms with E-state index in [1.54, 1.807) is 0 Å². The van der Waals surface area contributed by atoms with Crippen LogP contribution in [0.3, 0.4) is 0 Å². The van der Waals surface area contributed by atoms with Gasteiger partial charge in [0, 0.05) is 18.5 Å². The van der Waals surface area contributed by atoms with E-state index in [1.807, 2.05) is 13.8 Å². The summed E-state index contributed by atoms with van der Waals surface area (Å²) in [6.45, 7) is 6.43. The number of rotatable bonds is 7. The third-order valence-electron chi connectivity index (χ3n) is 3.23. The van der Waals surface area contributed by atoms with E-state index >= 15 is 0 Å². The first-order valence-electron chi connectivity index (χ1n) is 6.99. The first-order chi connectivity index (χ1) is 8.93. The molecule has 0 aliphatic carbocycles. The molecule has 0 radical (unpaired) electrons. The Morgan fingerprint density at radius 2 is 1.84 bits per heavy atom. The summed E-state index contributed by atoms with van der Waals surface area (Å²) < 4.78 is 0. The van der Waals surface area contributed by atoms with Crippen molar-refractivity contribution < 1.29 is 4.79 Å². The fourth-order valence-corrected chi connectivity index (χ4v) is 1.86. The van der Waals surface area contributed by atoms with E-state index in [2.05, 4.69) is 36.5 Å². The Hall–Kier alpha value is -1.35. The molecule has 0 unspecified atom stereocenters. The minimum Gasteiger partial charge on any atom is -0.350 e. The summed E-state index contributed by atoms with van der Waals surface area (Å²) in [6.07, 6.45) is 3.57. The van der Waals surface area contributed by atoms with Crippen LogP contribution in [0, 0.1) is 6.92 Å². The van der Waals surface area contributed by atoms with Gasteiger partial charge in [-0.1, -0.05) is 29.8 Å². The van der Waals surface area contributed by atoms with Gasteiger partial charge < -0.3 is 11.1 Å². The van der Waals surface area contributed by atoms with Crippen LogP contribution in [0.15, 0.2) is 24.3 Å². The molecule has 0 aliphatic heterocycles. The highest BCUT2D eigenvalue weighted by molar-refractivity contribution is 5.76. The molecule has 0 bridgehead atoms. The molecule has 0 saturated carbocycles. The van der Waals surface area contributed by atoms with Crippen LogP contribution in [0.2, 0.25) is 0 Å². The maximum absolute atomic E-state index is 11.7. The number of carbonyl (C=O) groups excluding carboxylic acids is 1. The zero-order chi connectivity index (χ0) is 14.3. The topological polar surface area (TPSA) is 55.1 Å². The highest BCUT2D eigenvalue weighted by atomic mass is 16.1. The summed E-state index contributed by atoms with van der Waals surface area (Å²) in [5, 5.41) is 2.95. The van der Waals surface area contributed by atoms with Gasteiger partial charge in [0.05, 0.1) is 0 Å². The average Bonchev–Trinajstić information content (AvgIpc) is 2.36. The van der Waals surface area contributed by atoms with Crippen LogP contribution < -0.4 is 11.1 Å². The minimum atomic E-state index is -0.298. The van der Waals surface area contributed by atoms with Gasteiger partial charge in [0.25, 0.3) is 0 Å². The quantitative estimate of drug-likeness (QED) is 0.742. The average molecular weight is 262 g/mol. The molecule has 1 aromatic carbocycles. The number of hydrogen-bond donors (Lipinski definition) is 2. The lowest BCUT2D eigenvalue weighted by molar-refractivity contribution is -0.122. The van der Waals surface area contributed by atoms with Gasteiger partial charge in [-0.3, -0.25) is 4.79 Å². The van der Waals surface area contributed by atoms with Crippen molar-refractivity contribution in [1.29, 1.82) is 0 Å². The van der Waals surface area contributed by atoms with E-state index in [0.29, 0.717) is 13.0 Å². The third-order valence-corrected chi connectivity index (χ3v) is 3.23. The molecule has 0 spiro atoms. The summed E-state index contributed by atoms with van der Waals surface area (Å²) in [5.74, 6) is 0.0966. The number of nitrogens with one attached hydrogen (secondary N) is 1. The molecular weight excluding hydrogens is 236 g/mol. The van der Waals surface area contributed by atoms with Crippen molar-refractivity contribution in [3.8, 4) is 0 Å². The lowest BCUT2D eigenvalue weighted by atomic mass is 10.0. The van der Waals surface area contributed by atoms with Crippen molar-refractivity contribution in [1.82, 2.24) is 5.32 Å². The van der Waals surface area contributed by atoms with Gasteiger partial charge in [-0.15, -0.1) is 0 Å². The second-order valence-electron chi connectivity index (χ2n) is 5.83. The van der Waals surface area contributed by atoms with Gasteiger partial charge in [0.15, 0.2) is 0 Å². The van der Waals surface area contributed by atoms with Gasteiger partial charge in [-0.25, -0.2) is 0 Å². The van der Waals surface area contributed by atoms with E-state index in [-0.39, 0.29) is 11.4 Å². The van der Waals surface area contributed by atoms with E-state index in [9.17, 15) is 4.79 Å². The van der Waals surface area contributed by atoms with Crippen LogP contribution in [0.4, 0.5) is 0 Å². The fraction of sp³-hybridized carbons (Fsp3) is 0.562. The van der Waals surface area contributed by atoms with Gasteiger partial charge in [-0.2, -0.15) is 0 Å². The first-order valence-corrected chi connectivity index (χ1v) is 6.99. The molecule has 3 nitrogen and oxygen atoms in total. The predicted molar refractivity (Wildman–Crippen MR) is 80.0 cm³/mol. The van der Waals surface area contributed by atoms with E-state index in [0.717, 1.165) is 19.3 Å². The van der Waals surface area contributed by atoms with Gasteiger partial charge in [-0.05, 0) is 45.6 Å². The molecule has 0 atom stereocenters. The summed E-state index contributed by atoms with van der Waals surface area (Å²) in [5.41, 5.74) is 7.91. The molecule has 1 rings (SSSR count). The Balaban J connectivity index is 2.20. The van der Waals surface area contributed by atoms with Crippen LogP contribution in [0.1, 0.15) is 44.2 Å². The lowest BCUT2D eigenvalue weighted by Crippen LogP contribution is -2.48. The van der Waals surface area contributed by atoms with Crippen LogP contribution in [0.5, 0.6) is 0 Å². The number of nitrogens with two attached hydrogens (primary N) is 1. The number of unbranched alkanes of at least 4 members (excludes halogenated alkanes) is 1. The minimum absolute atomic E-state index is 0.0966. The van der Waals surface area contributed by atoms with Crippen molar-refractivity contribution in [3.63, 3.8) is 0 Å². The van der Waals surface area contributed by atoms with Crippen LogP contribution in [-0.4, -0.2) is 18.0 Å². The maximum Gasteiger partial charge on any atom is 0.220 e. The molecule has 0 heterocycles. The Kier molecular flexibility index (Phi) is 6.03.